The van der Waals surface area contributed by atoms with E-state index in [0.717, 1.165) is 19.5 Å². The fraction of sp³-hybridized carbons (Fsp3) is 0.444. The molecule has 1 heterocycles. The molecule has 1 N–H and O–H groups in total. The van der Waals surface area contributed by atoms with Crippen LogP contribution >= 0.6 is 11.3 Å². The van der Waals surface area contributed by atoms with Crippen molar-refractivity contribution in [3.8, 4) is 0 Å². The summed E-state index contributed by atoms with van der Waals surface area (Å²) in [5.74, 6) is 0. The SMILES string of the molecule is Cc1ccccc1CCNCc1ccc(C(C)(C)C)s1. The van der Waals surface area contributed by atoms with Crippen molar-refractivity contribution in [3.63, 3.8) is 0 Å². The molecule has 0 aliphatic heterocycles. The molecule has 0 aliphatic rings. The smallest absolute Gasteiger partial charge is 0.0299 e. The molecule has 2 rings (SSSR count). The first-order chi connectivity index (χ1) is 9.47. The van der Waals surface area contributed by atoms with E-state index in [1.165, 1.54) is 20.9 Å². The highest BCUT2D eigenvalue weighted by Crippen LogP contribution is 2.29. The zero-order valence-corrected chi connectivity index (χ0v) is 13.8. The summed E-state index contributed by atoms with van der Waals surface area (Å²) >= 11 is 1.93. The van der Waals surface area contributed by atoms with E-state index in [1.807, 2.05) is 11.3 Å². The van der Waals surface area contributed by atoms with E-state index < -0.39 is 0 Å². The molecule has 0 atom stereocenters. The Bertz CT molecular complexity index is 549. The maximum absolute atomic E-state index is 3.55. The number of thiophene rings is 1. The summed E-state index contributed by atoms with van der Waals surface area (Å²) in [5.41, 5.74) is 3.10. The summed E-state index contributed by atoms with van der Waals surface area (Å²) in [6, 6.07) is 13.2. The zero-order chi connectivity index (χ0) is 14.6. The van der Waals surface area contributed by atoms with Crippen molar-refractivity contribution in [3.05, 3.63) is 57.3 Å². The second-order valence-electron chi connectivity index (χ2n) is 6.37. The number of aryl methyl sites for hydroxylation is 1. The number of hydrogen-bond donors (Lipinski definition) is 1. The summed E-state index contributed by atoms with van der Waals surface area (Å²) in [4.78, 5) is 2.90. The number of nitrogens with one attached hydrogen (secondary N) is 1. The van der Waals surface area contributed by atoms with Crippen molar-refractivity contribution in [2.75, 3.05) is 6.54 Å². The minimum Gasteiger partial charge on any atom is -0.312 e. The summed E-state index contributed by atoms with van der Waals surface area (Å²) in [5, 5.41) is 3.55. The van der Waals surface area contributed by atoms with Crippen LogP contribution < -0.4 is 5.32 Å². The van der Waals surface area contributed by atoms with E-state index in [9.17, 15) is 0 Å². The predicted octanol–water partition coefficient (Wildman–Crippen LogP) is 4.69. The average molecular weight is 287 g/mol. The molecule has 0 fully saturated rings. The van der Waals surface area contributed by atoms with E-state index in [4.69, 9.17) is 0 Å². The molecule has 2 aromatic rings. The Labute approximate surface area is 127 Å². The van der Waals surface area contributed by atoms with Gasteiger partial charge in [0.1, 0.15) is 0 Å². The van der Waals surface area contributed by atoms with Gasteiger partial charge < -0.3 is 5.32 Å². The Balaban J connectivity index is 1.79. The molecule has 108 valence electrons. The van der Waals surface area contributed by atoms with Gasteiger partial charge in [0.25, 0.3) is 0 Å². The Morgan fingerprint density at radius 3 is 2.45 bits per heavy atom. The van der Waals surface area contributed by atoms with Crippen molar-refractivity contribution in [2.24, 2.45) is 0 Å². The van der Waals surface area contributed by atoms with Crippen LogP contribution in [0.25, 0.3) is 0 Å². The fourth-order valence-corrected chi connectivity index (χ4v) is 3.24. The van der Waals surface area contributed by atoms with Gasteiger partial charge in [-0.25, -0.2) is 0 Å². The first-order valence-electron chi connectivity index (χ1n) is 7.31. The quantitative estimate of drug-likeness (QED) is 0.787. The van der Waals surface area contributed by atoms with Gasteiger partial charge in [-0.2, -0.15) is 0 Å². The molecule has 0 saturated heterocycles. The lowest BCUT2D eigenvalue weighted by Gasteiger charge is -2.15. The van der Waals surface area contributed by atoms with Crippen LogP contribution in [0.5, 0.6) is 0 Å². The second-order valence-corrected chi connectivity index (χ2v) is 7.54. The van der Waals surface area contributed by atoms with Crippen LogP contribution in [-0.4, -0.2) is 6.54 Å². The van der Waals surface area contributed by atoms with Crippen LogP contribution in [0.15, 0.2) is 36.4 Å². The largest absolute Gasteiger partial charge is 0.312 e. The van der Waals surface area contributed by atoms with Gasteiger partial charge in [-0.3, -0.25) is 0 Å². The molecule has 1 aromatic carbocycles. The lowest BCUT2D eigenvalue weighted by Crippen LogP contribution is -2.16. The van der Waals surface area contributed by atoms with E-state index in [2.05, 4.69) is 69.4 Å². The molecular weight excluding hydrogens is 262 g/mol. The average Bonchev–Trinajstić information content (AvgIpc) is 2.85. The van der Waals surface area contributed by atoms with Crippen LogP contribution in [0.1, 0.15) is 41.7 Å². The molecular formula is C18H25NS. The van der Waals surface area contributed by atoms with Crippen LogP contribution in [0.3, 0.4) is 0 Å². The highest BCUT2D eigenvalue weighted by molar-refractivity contribution is 7.12. The third kappa shape index (κ3) is 4.19. The maximum atomic E-state index is 3.55. The van der Waals surface area contributed by atoms with Crippen molar-refractivity contribution in [1.29, 1.82) is 0 Å². The van der Waals surface area contributed by atoms with E-state index >= 15 is 0 Å². The van der Waals surface area contributed by atoms with Gasteiger partial charge in [-0.05, 0) is 48.6 Å². The van der Waals surface area contributed by atoms with Gasteiger partial charge in [-0.1, -0.05) is 45.0 Å². The predicted molar refractivity (Wildman–Crippen MR) is 89.6 cm³/mol. The van der Waals surface area contributed by atoms with Crippen LogP contribution in [-0.2, 0) is 18.4 Å². The topological polar surface area (TPSA) is 12.0 Å². The zero-order valence-electron chi connectivity index (χ0n) is 13.0. The van der Waals surface area contributed by atoms with Gasteiger partial charge in [-0.15, -0.1) is 11.3 Å². The van der Waals surface area contributed by atoms with Gasteiger partial charge in [0, 0.05) is 16.3 Å². The Morgan fingerprint density at radius 2 is 1.80 bits per heavy atom. The summed E-state index contributed by atoms with van der Waals surface area (Å²) in [6.07, 6.45) is 1.10. The Hall–Kier alpha value is -1.12. The lowest BCUT2D eigenvalue weighted by atomic mass is 9.95. The maximum Gasteiger partial charge on any atom is 0.0299 e. The molecule has 0 amide bonds. The van der Waals surface area contributed by atoms with Gasteiger partial charge in [0.15, 0.2) is 0 Å². The highest BCUT2D eigenvalue weighted by atomic mass is 32.1. The number of rotatable bonds is 5. The van der Waals surface area contributed by atoms with Gasteiger partial charge in [0.05, 0.1) is 0 Å². The molecule has 0 spiro atoms. The minimum absolute atomic E-state index is 0.268. The second kappa shape index (κ2) is 6.55. The molecule has 0 bridgehead atoms. The van der Waals surface area contributed by atoms with E-state index in [0.29, 0.717) is 0 Å². The molecule has 0 unspecified atom stereocenters. The summed E-state index contributed by atoms with van der Waals surface area (Å²) in [7, 11) is 0. The van der Waals surface area contributed by atoms with Crippen LogP contribution in [0.4, 0.5) is 0 Å². The minimum atomic E-state index is 0.268. The first kappa shape index (κ1) is 15.3. The first-order valence-corrected chi connectivity index (χ1v) is 8.13. The van der Waals surface area contributed by atoms with Gasteiger partial charge in [0.2, 0.25) is 0 Å². The molecule has 0 saturated carbocycles. The van der Waals surface area contributed by atoms with Crippen LogP contribution in [0, 0.1) is 6.92 Å². The number of hydrogen-bond acceptors (Lipinski definition) is 2. The highest BCUT2D eigenvalue weighted by Gasteiger charge is 2.15. The fourth-order valence-electron chi connectivity index (χ4n) is 2.20. The monoisotopic (exact) mass is 287 g/mol. The standard InChI is InChI=1S/C18H25NS/c1-14-7-5-6-8-15(14)11-12-19-13-16-9-10-17(20-16)18(2,3)4/h5-10,19H,11-13H2,1-4H3. The van der Waals surface area contributed by atoms with Crippen LogP contribution in [0.2, 0.25) is 0 Å². The molecule has 0 radical (unpaired) electrons. The number of benzene rings is 1. The van der Waals surface area contributed by atoms with E-state index in [1.54, 1.807) is 0 Å². The lowest BCUT2D eigenvalue weighted by molar-refractivity contribution is 0.604. The molecule has 1 aromatic heterocycles. The van der Waals surface area contributed by atoms with Gasteiger partial charge >= 0.3 is 0 Å². The molecule has 0 aliphatic carbocycles. The van der Waals surface area contributed by atoms with Crippen molar-refractivity contribution in [2.45, 2.75) is 46.1 Å². The third-order valence-corrected chi connectivity index (χ3v) is 5.04. The summed E-state index contributed by atoms with van der Waals surface area (Å²) in [6.45, 7) is 11.0. The van der Waals surface area contributed by atoms with E-state index in [-0.39, 0.29) is 5.41 Å². The normalized spacial score (nSPS) is 11.8. The Kier molecular flexibility index (Phi) is 5.00. The molecule has 2 heteroatoms. The van der Waals surface area contributed by atoms with Crippen molar-refractivity contribution < 1.29 is 0 Å². The molecule has 1 nitrogen and oxygen atoms in total. The van der Waals surface area contributed by atoms with Crippen molar-refractivity contribution in [1.82, 2.24) is 5.32 Å². The summed E-state index contributed by atoms with van der Waals surface area (Å²) < 4.78 is 0. The third-order valence-electron chi connectivity index (χ3n) is 3.53. The molecule has 20 heavy (non-hydrogen) atoms. The Morgan fingerprint density at radius 1 is 1.05 bits per heavy atom. The van der Waals surface area contributed by atoms with Crippen molar-refractivity contribution >= 4 is 11.3 Å².